The lowest BCUT2D eigenvalue weighted by Gasteiger charge is -2.09. The number of hydrogen-bond acceptors (Lipinski definition) is 3. The zero-order chi connectivity index (χ0) is 12.3. The van der Waals surface area contributed by atoms with Crippen molar-refractivity contribution in [3.8, 4) is 0 Å². The van der Waals surface area contributed by atoms with Crippen molar-refractivity contribution >= 4 is 11.8 Å². The van der Waals surface area contributed by atoms with Gasteiger partial charge >= 0.3 is 0 Å². The molecule has 3 heteroatoms. The molecule has 2 nitrogen and oxygen atoms in total. The van der Waals surface area contributed by atoms with E-state index in [0.29, 0.717) is 0 Å². The normalized spacial score (nSPS) is 15.5. The Bertz CT molecular complexity index is 372. The van der Waals surface area contributed by atoms with Crippen LogP contribution in [0.15, 0.2) is 17.3 Å². The van der Waals surface area contributed by atoms with E-state index in [4.69, 9.17) is 0 Å². The fraction of sp³-hybridized carbons (Fsp3) is 0.643. The lowest BCUT2D eigenvalue weighted by molar-refractivity contribution is 0.684. The molecule has 1 fully saturated rings. The number of thioether (sulfide) groups is 1. The van der Waals surface area contributed by atoms with Crippen LogP contribution >= 0.6 is 11.8 Å². The Morgan fingerprint density at radius 1 is 1.47 bits per heavy atom. The molecule has 0 aromatic carbocycles. The van der Waals surface area contributed by atoms with E-state index in [1.54, 1.807) is 0 Å². The lowest BCUT2D eigenvalue weighted by atomic mass is 10.2. The van der Waals surface area contributed by atoms with Crippen LogP contribution in [0.5, 0.6) is 0 Å². The minimum absolute atomic E-state index is 0.720. The molecule has 0 unspecified atom stereocenters. The summed E-state index contributed by atoms with van der Waals surface area (Å²) in [5.74, 6) is 1.87. The first-order chi connectivity index (χ1) is 8.15. The van der Waals surface area contributed by atoms with Crippen molar-refractivity contribution in [2.45, 2.75) is 51.2 Å². The SMILES string of the molecule is Cc1cc(CNC2CC2)cnc1SCC(C)C. The third-order valence-electron chi connectivity index (χ3n) is 2.81. The topological polar surface area (TPSA) is 24.9 Å². The molecule has 17 heavy (non-hydrogen) atoms. The number of nitrogens with one attached hydrogen (secondary N) is 1. The van der Waals surface area contributed by atoms with Crippen LogP contribution in [0.2, 0.25) is 0 Å². The Hall–Kier alpha value is -0.540. The van der Waals surface area contributed by atoms with Gasteiger partial charge in [0.05, 0.1) is 5.03 Å². The van der Waals surface area contributed by atoms with Gasteiger partial charge in [-0.15, -0.1) is 11.8 Å². The molecule has 1 N–H and O–H groups in total. The van der Waals surface area contributed by atoms with Crippen LogP contribution in [0, 0.1) is 12.8 Å². The van der Waals surface area contributed by atoms with Gasteiger partial charge in [-0.05, 0) is 36.8 Å². The molecule has 0 bridgehead atoms. The Kier molecular flexibility index (Phi) is 4.46. The molecule has 0 amide bonds. The Labute approximate surface area is 109 Å². The zero-order valence-electron chi connectivity index (χ0n) is 11.0. The van der Waals surface area contributed by atoms with E-state index in [0.717, 1.165) is 24.3 Å². The zero-order valence-corrected chi connectivity index (χ0v) is 11.8. The van der Waals surface area contributed by atoms with Gasteiger partial charge in [-0.25, -0.2) is 4.98 Å². The van der Waals surface area contributed by atoms with Crippen molar-refractivity contribution in [2.75, 3.05) is 5.75 Å². The van der Waals surface area contributed by atoms with Crippen molar-refractivity contribution < 1.29 is 0 Å². The van der Waals surface area contributed by atoms with E-state index in [1.165, 1.54) is 29.0 Å². The van der Waals surface area contributed by atoms with Gasteiger partial charge < -0.3 is 5.32 Å². The van der Waals surface area contributed by atoms with E-state index in [9.17, 15) is 0 Å². The van der Waals surface area contributed by atoms with Gasteiger partial charge in [-0.2, -0.15) is 0 Å². The summed E-state index contributed by atoms with van der Waals surface area (Å²) in [7, 11) is 0. The van der Waals surface area contributed by atoms with E-state index in [1.807, 2.05) is 18.0 Å². The largest absolute Gasteiger partial charge is 0.310 e. The highest BCUT2D eigenvalue weighted by atomic mass is 32.2. The molecule has 94 valence electrons. The molecule has 0 saturated heterocycles. The summed E-state index contributed by atoms with van der Waals surface area (Å²) in [4.78, 5) is 4.57. The number of aromatic nitrogens is 1. The van der Waals surface area contributed by atoms with Gasteiger partial charge in [0.15, 0.2) is 0 Å². The maximum absolute atomic E-state index is 4.57. The summed E-state index contributed by atoms with van der Waals surface area (Å²) in [5, 5.41) is 4.71. The van der Waals surface area contributed by atoms with E-state index < -0.39 is 0 Å². The second-order valence-electron chi connectivity index (χ2n) is 5.33. The first-order valence-electron chi connectivity index (χ1n) is 6.47. The van der Waals surface area contributed by atoms with Gasteiger partial charge in [0.1, 0.15) is 0 Å². The molecule has 1 aliphatic carbocycles. The molecule has 1 aliphatic rings. The summed E-state index contributed by atoms with van der Waals surface area (Å²) in [5.41, 5.74) is 2.62. The van der Waals surface area contributed by atoms with Crippen LogP contribution < -0.4 is 5.32 Å². The molecule has 0 spiro atoms. The minimum atomic E-state index is 0.720. The summed E-state index contributed by atoms with van der Waals surface area (Å²) in [6, 6.07) is 3.04. The standard InChI is InChI=1S/C14H22N2S/c1-10(2)9-17-14-11(3)6-12(8-16-14)7-15-13-4-5-13/h6,8,10,13,15H,4-5,7,9H2,1-3H3. The molecular weight excluding hydrogens is 228 g/mol. The minimum Gasteiger partial charge on any atom is -0.310 e. The monoisotopic (exact) mass is 250 g/mol. The third kappa shape index (κ3) is 4.32. The molecule has 2 rings (SSSR count). The molecule has 1 aromatic rings. The number of nitrogens with zero attached hydrogens (tertiary/aromatic N) is 1. The predicted octanol–water partition coefficient (Wildman–Crippen LogP) is 3.39. The van der Waals surface area contributed by atoms with Gasteiger partial charge in [0.25, 0.3) is 0 Å². The van der Waals surface area contributed by atoms with Crippen molar-refractivity contribution in [3.05, 3.63) is 23.4 Å². The van der Waals surface area contributed by atoms with Crippen LogP contribution in [0.4, 0.5) is 0 Å². The average Bonchev–Trinajstić information content (AvgIpc) is 3.08. The summed E-state index contributed by atoms with van der Waals surface area (Å²) in [6.07, 6.45) is 4.70. The maximum Gasteiger partial charge on any atom is 0.0989 e. The Balaban J connectivity index is 1.90. The second kappa shape index (κ2) is 5.87. The quantitative estimate of drug-likeness (QED) is 0.783. The molecular formula is C14H22N2S. The third-order valence-corrected chi connectivity index (χ3v) is 4.35. The first kappa shape index (κ1) is 12.9. The molecule has 0 aliphatic heterocycles. The van der Waals surface area contributed by atoms with Crippen LogP contribution in [0.1, 0.15) is 37.8 Å². The number of aryl methyl sites for hydroxylation is 1. The highest BCUT2D eigenvalue weighted by Gasteiger charge is 2.20. The summed E-state index contributed by atoms with van der Waals surface area (Å²) >= 11 is 1.87. The average molecular weight is 250 g/mol. The summed E-state index contributed by atoms with van der Waals surface area (Å²) < 4.78 is 0. The van der Waals surface area contributed by atoms with Crippen molar-refractivity contribution in [1.82, 2.24) is 10.3 Å². The lowest BCUT2D eigenvalue weighted by Crippen LogP contribution is -2.15. The Morgan fingerprint density at radius 2 is 2.24 bits per heavy atom. The van der Waals surface area contributed by atoms with Crippen LogP contribution in [-0.4, -0.2) is 16.8 Å². The molecule has 0 atom stereocenters. The van der Waals surface area contributed by atoms with E-state index in [2.05, 4.69) is 37.1 Å². The molecule has 1 saturated carbocycles. The molecule has 0 radical (unpaired) electrons. The number of pyridine rings is 1. The molecule has 1 aromatic heterocycles. The van der Waals surface area contributed by atoms with Crippen LogP contribution in [0.25, 0.3) is 0 Å². The number of rotatable bonds is 6. The van der Waals surface area contributed by atoms with Gasteiger partial charge in [0, 0.05) is 24.5 Å². The molecule has 1 heterocycles. The fourth-order valence-corrected chi connectivity index (χ4v) is 2.57. The predicted molar refractivity (Wildman–Crippen MR) is 74.4 cm³/mol. The van der Waals surface area contributed by atoms with Crippen LogP contribution in [-0.2, 0) is 6.54 Å². The van der Waals surface area contributed by atoms with E-state index >= 15 is 0 Å². The van der Waals surface area contributed by atoms with Crippen molar-refractivity contribution in [3.63, 3.8) is 0 Å². The van der Waals surface area contributed by atoms with Crippen molar-refractivity contribution in [1.29, 1.82) is 0 Å². The highest BCUT2D eigenvalue weighted by molar-refractivity contribution is 7.99. The maximum atomic E-state index is 4.57. The fourth-order valence-electron chi connectivity index (χ4n) is 1.66. The van der Waals surface area contributed by atoms with Gasteiger partial charge in [0.2, 0.25) is 0 Å². The van der Waals surface area contributed by atoms with Gasteiger partial charge in [-0.1, -0.05) is 19.9 Å². The van der Waals surface area contributed by atoms with Crippen molar-refractivity contribution in [2.24, 2.45) is 5.92 Å². The smallest absolute Gasteiger partial charge is 0.0989 e. The first-order valence-corrected chi connectivity index (χ1v) is 7.45. The Morgan fingerprint density at radius 3 is 2.82 bits per heavy atom. The highest BCUT2D eigenvalue weighted by Crippen LogP contribution is 2.23. The second-order valence-corrected chi connectivity index (χ2v) is 6.33. The number of hydrogen-bond donors (Lipinski definition) is 1. The van der Waals surface area contributed by atoms with Crippen LogP contribution in [0.3, 0.4) is 0 Å². The summed E-state index contributed by atoms with van der Waals surface area (Å²) in [6.45, 7) is 7.62. The van der Waals surface area contributed by atoms with Gasteiger partial charge in [-0.3, -0.25) is 0 Å². The van der Waals surface area contributed by atoms with E-state index in [-0.39, 0.29) is 0 Å².